The van der Waals surface area contributed by atoms with Crippen molar-refractivity contribution in [2.75, 3.05) is 23.3 Å². The Kier molecular flexibility index (Phi) is 5.20. The third-order valence-corrected chi connectivity index (χ3v) is 4.76. The number of benzene rings is 1. The van der Waals surface area contributed by atoms with E-state index in [9.17, 15) is 4.79 Å². The Morgan fingerprint density at radius 2 is 2.08 bits per heavy atom. The van der Waals surface area contributed by atoms with Gasteiger partial charge in [-0.1, -0.05) is 17.7 Å². The minimum Gasteiger partial charge on any atom is -0.372 e. The lowest BCUT2D eigenvalue weighted by molar-refractivity contribution is -0.120. The summed E-state index contributed by atoms with van der Waals surface area (Å²) in [5, 5.41) is 3.41. The molecule has 0 atom stereocenters. The molecule has 5 nitrogen and oxygen atoms in total. The molecule has 1 aliphatic heterocycles. The molecule has 0 bridgehead atoms. The molecular weight excluding hydrogens is 336 g/mol. The number of hydrogen-bond donors (Lipinski definition) is 1. The molecule has 2 aromatic rings. The number of hydrogen-bond acceptors (Lipinski definition) is 3. The summed E-state index contributed by atoms with van der Waals surface area (Å²) >= 11 is 6.12. The number of pyridine rings is 1. The molecule has 2 heterocycles. The van der Waals surface area contributed by atoms with E-state index in [1.807, 2.05) is 31.2 Å². The van der Waals surface area contributed by atoms with Gasteiger partial charge in [-0.25, -0.2) is 4.85 Å². The fourth-order valence-electron chi connectivity index (χ4n) is 2.97. The maximum Gasteiger partial charge on any atom is 0.227 e. The van der Waals surface area contributed by atoms with Crippen LogP contribution < -0.4 is 10.2 Å². The van der Waals surface area contributed by atoms with E-state index >= 15 is 0 Å². The minimum absolute atomic E-state index is 0.00413. The first-order valence-electron chi connectivity index (χ1n) is 8.22. The van der Waals surface area contributed by atoms with Crippen molar-refractivity contribution in [3.63, 3.8) is 0 Å². The summed E-state index contributed by atoms with van der Waals surface area (Å²) in [6, 6.07) is 9.24. The van der Waals surface area contributed by atoms with Crippen molar-refractivity contribution < 1.29 is 4.79 Å². The van der Waals surface area contributed by atoms with Crippen molar-refractivity contribution in [3.05, 3.63) is 58.7 Å². The molecule has 1 saturated heterocycles. The highest BCUT2D eigenvalue weighted by atomic mass is 35.5. The monoisotopic (exact) mass is 354 g/mol. The Labute approximate surface area is 152 Å². The fraction of sp³-hybridized carbons (Fsp3) is 0.316. The number of carbonyl (C=O) groups excluding carboxylic acids is 1. The minimum atomic E-state index is -0.00413. The summed E-state index contributed by atoms with van der Waals surface area (Å²) in [5.41, 5.74) is 3.12. The topological polar surface area (TPSA) is 49.6 Å². The van der Waals surface area contributed by atoms with Gasteiger partial charge in [-0.2, -0.15) is 0 Å². The lowest BCUT2D eigenvalue weighted by atomic mass is 9.95. The van der Waals surface area contributed by atoms with Crippen LogP contribution in [-0.4, -0.2) is 24.0 Å². The lowest BCUT2D eigenvalue weighted by Crippen LogP contribution is -2.38. The first-order chi connectivity index (χ1) is 12.1. The number of amides is 1. The van der Waals surface area contributed by atoms with Gasteiger partial charge in [-0.3, -0.25) is 9.78 Å². The van der Waals surface area contributed by atoms with Crippen LogP contribution in [0.3, 0.4) is 0 Å². The van der Waals surface area contributed by atoms with E-state index in [-0.39, 0.29) is 11.8 Å². The van der Waals surface area contributed by atoms with E-state index in [0.29, 0.717) is 10.7 Å². The average molecular weight is 355 g/mol. The van der Waals surface area contributed by atoms with Crippen molar-refractivity contribution in [2.24, 2.45) is 5.92 Å². The molecule has 0 radical (unpaired) electrons. The predicted molar refractivity (Wildman–Crippen MR) is 100 cm³/mol. The summed E-state index contributed by atoms with van der Waals surface area (Å²) in [6.07, 6.45) is 3.25. The zero-order valence-electron chi connectivity index (χ0n) is 14.0. The van der Waals surface area contributed by atoms with Crippen LogP contribution in [0.5, 0.6) is 0 Å². The highest BCUT2D eigenvalue weighted by Gasteiger charge is 2.25. The molecule has 1 amide bonds. The third kappa shape index (κ3) is 4.09. The molecule has 1 aromatic heterocycles. The Morgan fingerprint density at radius 3 is 2.68 bits per heavy atom. The molecule has 1 aromatic carbocycles. The Hall–Kier alpha value is -2.58. The average Bonchev–Trinajstić information content (AvgIpc) is 2.63. The van der Waals surface area contributed by atoms with Crippen LogP contribution in [0.2, 0.25) is 5.02 Å². The second-order valence-electron chi connectivity index (χ2n) is 6.19. The van der Waals surface area contributed by atoms with E-state index in [1.54, 1.807) is 12.3 Å². The Bertz CT molecular complexity index is 805. The van der Waals surface area contributed by atoms with E-state index < -0.39 is 0 Å². The number of piperidine rings is 1. The normalized spacial score (nSPS) is 14.8. The largest absolute Gasteiger partial charge is 0.372 e. The van der Waals surface area contributed by atoms with Gasteiger partial charge in [0.2, 0.25) is 11.6 Å². The van der Waals surface area contributed by atoms with Gasteiger partial charge in [-0.05, 0) is 44.0 Å². The van der Waals surface area contributed by atoms with Crippen LogP contribution in [0.1, 0.15) is 18.5 Å². The maximum atomic E-state index is 12.4. The standard InChI is InChI=1S/C19H19ClN4O/c1-13-3-4-15(12-22-13)23-19(25)14-7-9-24(10-8-14)16-5-6-18(21-2)17(20)11-16/h3-6,11-12,14H,7-10H2,1H3,(H,23,25). The molecule has 128 valence electrons. The number of nitrogens with zero attached hydrogens (tertiary/aromatic N) is 3. The zero-order valence-corrected chi connectivity index (χ0v) is 14.8. The third-order valence-electron chi connectivity index (χ3n) is 4.46. The van der Waals surface area contributed by atoms with Crippen LogP contribution >= 0.6 is 11.6 Å². The summed E-state index contributed by atoms with van der Waals surface area (Å²) < 4.78 is 0. The molecule has 25 heavy (non-hydrogen) atoms. The highest BCUT2D eigenvalue weighted by Crippen LogP contribution is 2.31. The number of rotatable bonds is 3. The Balaban J connectivity index is 1.58. The smallest absolute Gasteiger partial charge is 0.227 e. The number of anilines is 2. The second-order valence-corrected chi connectivity index (χ2v) is 6.59. The van der Waals surface area contributed by atoms with Crippen LogP contribution in [0, 0.1) is 19.4 Å². The predicted octanol–water partition coefficient (Wildman–Crippen LogP) is 4.45. The molecule has 0 saturated carbocycles. The van der Waals surface area contributed by atoms with Gasteiger partial charge in [0.25, 0.3) is 0 Å². The van der Waals surface area contributed by atoms with Gasteiger partial charge in [-0.15, -0.1) is 0 Å². The molecule has 0 spiro atoms. The molecule has 6 heteroatoms. The van der Waals surface area contributed by atoms with Crippen LogP contribution in [-0.2, 0) is 4.79 Å². The highest BCUT2D eigenvalue weighted by molar-refractivity contribution is 6.33. The Morgan fingerprint density at radius 1 is 1.32 bits per heavy atom. The first kappa shape index (κ1) is 17.2. The van der Waals surface area contributed by atoms with Crippen LogP contribution in [0.15, 0.2) is 36.5 Å². The molecule has 3 rings (SSSR count). The van der Waals surface area contributed by atoms with Gasteiger partial charge in [0.05, 0.1) is 18.5 Å². The maximum absolute atomic E-state index is 12.4. The molecule has 1 N–H and O–H groups in total. The SMILES string of the molecule is [C-]#[N+]c1ccc(N2CCC(C(=O)Nc3ccc(C)nc3)CC2)cc1Cl. The summed E-state index contributed by atoms with van der Waals surface area (Å²) in [6.45, 7) is 10.5. The molecule has 0 unspecified atom stereocenters. The van der Waals surface area contributed by atoms with E-state index in [2.05, 4.69) is 20.0 Å². The molecule has 1 fully saturated rings. The number of aromatic nitrogens is 1. The quantitative estimate of drug-likeness (QED) is 0.828. The molecule has 0 aliphatic carbocycles. The van der Waals surface area contributed by atoms with Crippen molar-refractivity contribution in [1.82, 2.24) is 4.98 Å². The van der Waals surface area contributed by atoms with Crippen molar-refractivity contribution >= 4 is 34.6 Å². The second kappa shape index (κ2) is 7.54. The van der Waals surface area contributed by atoms with Crippen LogP contribution in [0.4, 0.5) is 17.1 Å². The van der Waals surface area contributed by atoms with Gasteiger partial charge in [0.1, 0.15) is 0 Å². The number of halogens is 1. The zero-order chi connectivity index (χ0) is 17.8. The number of nitrogens with one attached hydrogen (secondary N) is 1. The van der Waals surface area contributed by atoms with Crippen molar-refractivity contribution in [3.8, 4) is 0 Å². The number of carbonyl (C=O) groups is 1. The molecular formula is C19H19ClN4O. The summed E-state index contributed by atoms with van der Waals surface area (Å²) in [7, 11) is 0. The number of aryl methyl sites for hydroxylation is 1. The van der Waals surface area contributed by atoms with E-state index in [0.717, 1.165) is 43.0 Å². The van der Waals surface area contributed by atoms with Crippen molar-refractivity contribution in [2.45, 2.75) is 19.8 Å². The van der Waals surface area contributed by atoms with Crippen LogP contribution in [0.25, 0.3) is 4.85 Å². The fourth-order valence-corrected chi connectivity index (χ4v) is 3.19. The van der Waals surface area contributed by atoms with Gasteiger partial charge >= 0.3 is 0 Å². The van der Waals surface area contributed by atoms with E-state index in [1.165, 1.54) is 0 Å². The summed E-state index contributed by atoms with van der Waals surface area (Å²) in [4.78, 5) is 22.2. The van der Waals surface area contributed by atoms with E-state index in [4.69, 9.17) is 18.2 Å². The van der Waals surface area contributed by atoms with Gasteiger partial charge in [0, 0.05) is 35.4 Å². The lowest BCUT2D eigenvalue weighted by Gasteiger charge is -2.33. The first-order valence-corrected chi connectivity index (χ1v) is 8.60. The van der Waals surface area contributed by atoms with Crippen molar-refractivity contribution in [1.29, 1.82) is 0 Å². The van der Waals surface area contributed by atoms with Gasteiger partial charge in [0.15, 0.2) is 0 Å². The summed E-state index contributed by atoms with van der Waals surface area (Å²) in [5.74, 6) is 0.0437. The molecule has 1 aliphatic rings. The van der Waals surface area contributed by atoms with Gasteiger partial charge < -0.3 is 10.2 Å².